The fourth-order valence-corrected chi connectivity index (χ4v) is 3.33. The van der Waals surface area contributed by atoms with Gasteiger partial charge in [0.1, 0.15) is 6.04 Å². The Hall–Kier alpha value is -2.70. The minimum atomic E-state index is -1.09. The number of imide groups is 1. The lowest BCUT2D eigenvalue weighted by Crippen LogP contribution is -2.49. The van der Waals surface area contributed by atoms with Crippen LogP contribution in [0.3, 0.4) is 0 Å². The second kappa shape index (κ2) is 9.67. The molecule has 29 heavy (non-hydrogen) atoms. The van der Waals surface area contributed by atoms with Gasteiger partial charge in [0.2, 0.25) is 0 Å². The molecular formula is C22H30N2O5. The van der Waals surface area contributed by atoms with Crippen LogP contribution in [0.4, 0.5) is 0 Å². The number of fused-ring (bicyclic) bond motifs is 1. The van der Waals surface area contributed by atoms with Gasteiger partial charge in [-0.3, -0.25) is 19.3 Å². The van der Waals surface area contributed by atoms with Crippen molar-refractivity contribution in [1.29, 1.82) is 0 Å². The zero-order valence-corrected chi connectivity index (χ0v) is 17.7. The van der Waals surface area contributed by atoms with E-state index < -0.39 is 36.3 Å². The quantitative estimate of drug-likeness (QED) is 0.506. The minimum absolute atomic E-state index is 0.0271. The van der Waals surface area contributed by atoms with Crippen molar-refractivity contribution in [3.63, 3.8) is 0 Å². The maximum atomic E-state index is 12.7. The third kappa shape index (κ3) is 5.43. The van der Waals surface area contributed by atoms with Crippen molar-refractivity contribution in [3.05, 3.63) is 35.4 Å². The van der Waals surface area contributed by atoms with E-state index in [-0.39, 0.29) is 23.1 Å². The third-order valence-corrected chi connectivity index (χ3v) is 4.91. The van der Waals surface area contributed by atoms with Crippen molar-refractivity contribution < 1.29 is 23.9 Å². The van der Waals surface area contributed by atoms with Gasteiger partial charge in [0.15, 0.2) is 6.61 Å². The van der Waals surface area contributed by atoms with E-state index in [2.05, 4.69) is 19.2 Å². The molecule has 0 aliphatic carbocycles. The average Bonchev–Trinajstić information content (AvgIpc) is 2.90. The zero-order chi connectivity index (χ0) is 21.7. The molecule has 0 unspecified atom stereocenters. The summed E-state index contributed by atoms with van der Waals surface area (Å²) in [6.45, 7) is 9.13. The molecule has 0 saturated carbocycles. The standard InChI is InChI=1S/C22H30N2O5/c1-13(2)10-11-15(5)23-18(25)12-29-22(28)19(14(3)4)24-20(26)16-8-6-7-9-17(16)21(24)27/h6-9,13-15,19H,10-12H2,1-5H3,(H,23,25)/t15-,19-/m1/s1. The summed E-state index contributed by atoms with van der Waals surface area (Å²) in [5, 5.41) is 2.80. The topological polar surface area (TPSA) is 92.8 Å². The largest absolute Gasteiger partial charge is 0.454 e. The summed E-state index contributed by atoms with van der Waals surface area (Å²) in [5.41, 5.74) is 0.542. The van der Waals surface area contributed by atoms with Gasteiger partial charge < -0.3 is 10.1 Å². The molecule has 2 rings (SSSR count). The molecule has 0 spiro atoms. The monoisotopic (exact) mass is 402 g/mol. The fourth-order valence-electron chi connectivity index (χ4n) is 3.33. The van der Waals surface area contributed by atoms with Crippen molar-refractivity contribution in [2.45, 2.75) is 59.5 Å². The van der Waals surface area contributed by atoms with E-state index >= 15 is 0 Å². The molecule has 1 heterocycles. The van der Waals surface area contributed by atoms with Gasteiger partial charge in [-0.1, -0.05) is 39.8 Å². The van der Waals surface area contributed by atoms with Crippen molar-refractivity contribution >= 4 is 23.7 Å². The van der Waals surface area contributed by atoms with Gasteiger partial charge >= 0.3 is 5.97 Å². The Bertz CT molecular complexity index is 752. The fraction of sp³-hybridized carbons (Fsp3) is 0.545. The van der Waals surface area contributed by atoms with Gasteiger partial charge in [0, 0.05) is 6.04 Å². The molecule has 0 saturated heterocycles. The normalized spacial score (nSPS) is 15.5. The molecule has 1 aromatic carbocycles. The molecule has 0 radical (unpaired) electrons. The Labute approximate surface area is 171 Å². The van der Waals surface area contributed by atoms with Gasteiger partial charge in [-0.15, -0.1) is 0 Å². The van der Waals surface area contributed by atoms with Crippen LogP contribution in [0, 0.1) is 11.8 Å². The molecule has 158 valence electrons. The first-order valence-corrected chi connectivity index (χ1v) is 10.1. The van der Waals surface area contributed by atoms with Gasteiger partial charge in [-0.2, -0.15) is 0 Å². The highest BCUT2D eigenvalue weighted by atomic mass is 16.5. The highest BCUT2D eigenvalue weighted by Crippen LogP contribution is 2.27. The predicted octanol–water partition coefficient (Wildman–Crippen LogP) is 2.79. The van der Waals surface area contributed by atoms with Gasteiger partial charge in [0.05, 0.1) is 11.1 Å². The molecule has 2 atom stereocenters. The maximum absolute atomic E-state index is 12.7. The van der Waals surface area contributed by atoms with Crippen molar-refractivity contribution in [3.8, 4) is 0 Å². The number of amides is 3. The molecule has 1 N–H and O–H groups in total. The molecule has 1 aromatic rings. The second-order valence-electron chi connectivity index (χ2n) is 8.26. The van der Waals surface area contributed by atoms with Crippen LogP contribution in [0.1, 0.15) is 68.2 Å². The van der Waals surface area contributed by atoms with Crippen LogP contribution in [0.25, 0.3) is 0 Å². The van der Waals surface area contributed by atoms with E-state index in [1.165, 1.54) is 0 Å². The van der Waals surface area contributed by atoms with Crippen molar-refractivity contribution in [2.24, 2.45) is 11.8 Å². The highest BCUT2D eigenvalue weighted by Gasteiger charge is 2.44. The van der Waals surface area contributed by atoms with Crippen LogP contribution < -0.4 is 5.32 Å². The van der Waals surface area contributed by atoms with Gasteiger partial charge in [-0.25, -0.2) is 4.79 Å². The summed E-state index contributed by atoms with van der Waals surface area (Å²) in [6, 6.07) is 5.34. The Morgan fingerprint density at radius 1 is 0.966 bits per heavy atom. The molecule has 1 aliphatic rings. The van der Waals surface area contributed by atoms with Crippen LogP contribution in [0.15, 0.2) is 24.3 Å². The van der Waals surface area contributed by atoms with E-state index in [1.807, 2.05) is 6.92 Å². The van der Waals surface area contributed by atoms with Crippen LogP contribution in [0.5, 0.6) is 0 Å². The van der Waals surface area contributed by atoms with Crippen LogP contribution in [-0.2, 0) is 14.3 Å². The number of rotatable bonds is 9. The van der Waals surface area contributed by atoms with Crippen molar-refractivity contribution in [1.82, 2.24) is 10.2 Å². The summed E-state index contributed by atoms with van der Waals surface area (Å²) < 4.78 is 5.16. The lowest BCUT2D eigenvalue weighted by Gasteiger charge is -2.27. The van der Waals surface area contributed by atoms with E-state index in [0.29, 0.717) is 5.92 Å². The second-order valence-corrected chi connectivity index (χ2v) is 8.26. The van der Waals surface area contributed by atoms with Crippen LogP contribution in [0.2, 0.25) is 0 Å². The highest BCUT2D eigenvalue weighted by molar-refractivity contribution is 6.22. The van der Waals surface area contributed by atoms with Crippen molar-refractivity contribution in [2.75, 3.05) is 6.61 Å². The average molecular weight is 402 g/mol. The molecule has 1 aliphatic heterocycles. The lowest BCUT2D eigenvalue weighted by atomic mass is 10.0. The minimum Gasteiger partial charge on any atom is -0.454 e. The summed E-state index contributed by atoms with van der Waals surface area (Å²) in [4.78, 5) is 51.1. The van der Waals surface area contributed by atoms with E-state index in [1.54, 1.807) is 38.1 Å². The molecule has 0 aromatic heterocycles. The molecule has 3 amide bonds. The SMILES string of the molecule is CC(C)CC[C@@H](C)NC(=O)COC(=O)[C@@H](C(C)C)N1C(=O)c2ccccc2C1=O. The molecular weight excluding hydrogens is 372 g/mol. The Kier molecular flexibility index (Phi) is 7.53. The van der Waals surface area contributed by atoms with Gasteiger partial charge in [0.25, 0.3) is 17.7 Å². The number of carbonyl (C=O) groups excluding carboxylic acids is 4. The summed E-state index contributed by atoms with van der Waals surface area (Å²) in [6.07, 6.45) is 1.82. The lowest BCUT2D eigenvalue weighted by molar-refractivity contribution is -0.153. The number of nitrogens with zero attached hydrogens (tertiary/aromatic N) is 1. The first-order chi connectivity index (χ1) is 13.6. The molecule has 0 bridgehead atoms. The van der Waals surface area contributed by atoms with E-state index in [0.717, 1.165) is 17.7 Å². The predicted molar refractivity (Wildman–Crippen MR) is 108 cm³/mol. The zero-order valence-electron chi connectivity index (χ0n) is 17.7. The Morgan fingerprint density at radius 3 is 2.00 bits per heavy atom. The number of carbonyl (C=O) groups is 4. The first kappa shape index (κ1) is 22.6. The van der Waals surface area contributed by atoms with E-state index in [9.17, 15) is 19.2 Å². The van der Waals surface area contributed by atoms with Crippen LogP contribution >= 0.6 is 0 Å². The summed E-state index contributed by atoms with van der Waals surface area (Å²) in [7, 11) is 0. The maximum Gasteiger partial charge on any atom is 0.330 e. The third-order valence-electron chi connectivity index (χ3n) is 4.91. The van der Waals surface area contributed by atoms with Crippen LogP contribution in [-0.4, -0.2) is 47.3 Å². The number of nitrogens with one attached hydrogen (secondary N) is 1. The number of hydrogen-bond acceptors (Lipinski definition) is 5. The molecule has 0 fully saturated rings. The number of ether oxygens (including phenoxy) is 1. The number of hydrogen-bond donors (Lipinski definition) is 1. The number of benzene rings is 1. The Morgan fingerprint density at radius 2 is 1.52 bits per heavy atom. The van der Waals surface area contributed by atoms with Gasteiger partial charge in [-0.05, 0) is 43.7 Å². The first-order valence-electron chi connectivity index (χ1n) is 10.1. The molecule has 7 nitrogen and oxygen atoms in total. The molecule has 7 heteroatoms. The number of esters is 1. The van der Waals surface area contributed by atoms with E-state index in [4.69, 9.17) is 4.74 Å². The summed E-state index contributed by atoms with van der Waals surface area (Å²) >= 11 is 0. The Balaban J connectivity index is 2.00. The summed E-state index contributed by atoms with van der Waals surface area (Å²) in [5.74, 6) is -2.03. The smallest absolute Gasteiger partial charge is 0.330 e.